The van der Waals surface area contributed by atoms with E-state index in [1.165, 1.54) is 5.56 Å². The number of piperidine rings is 1. The number of hydrogen-bond acceptors (Lipinski definition) is 13. The van der Waals surface area contributed by atoms with E-state index in [-0.39, 0.29) is 90.3 Å². The number of aromatic hydroxyl groups is 1. The van der Waals surface area contributed by atoms with Gasteiger partial charge in [0.2, 0.25) is 0 Å². The number of rotatable bonds is 10. The first-order chi connectivity index (χ1) is 44.2. The van der Waals surface area contributed by atoms with Crippen molar-refractivity contribution in [3.63, 3.8) is 0 Å². The van der Waals surface area contributed by atoms with E-state index in [9.17, 15) is 25.2 Å². The molecule has 5 fully saturated rings. The molecule has 2 saturated heterocycles. The van der Waals surface area contributed by atoms with Crippen LogP contribution in [0.1, 0.15) is 150 Å². The number of fused-ring (bicyclic) bond motifs is 5. The molecule has 6 heterocycles. The molecule has 6 aliphatic heterocycles. The molecule has 0 radical (unpaired) electrons. The Balaban J connectivity index is 0.954. The zero-order valence-corrected chi connectivity index (χ0v) is 53.1. The fraction of sp³-hybridized carbons (Fsp3) is 0.526. The minimum Gasteiger partial charge on any atom is -0.508 e. The largest absolute Gasteiger partial charge is 0.508 e. The zero-order valence-electron chi connectivity index (χ0n) is 53.1. The average molecular weight is 1230 g/mol. The van der Waals surface area contributed by atoms with Crippen molar-refractivity contribution < 1.29 is 44.3 Å². The SMILES string of the molecule is CNC1CC(C23CC=C4OC(=O)C5=C4CCC4C6CCC7(C(=CC(CCO)Cc8ccccc8)OC(=O)C7=C6c6cc(O)ccc6-c6cccc(c6)CNCCc6cccc(c6)C6NCC(C)(O)C(CC=O)C#CC(C7(O)CCCCC7)CC(C2)C6C3)C54)CCN1. The number of cyclic esters (lactones) is 1. The van der Waals surface area contributed by atoms with Gasteiger partial charge in [0.1, 0.15) is 23.6 Å². The van der Waals surface area contributed by atoms with E-state index < -0.39 is 34.4 Å². The van der Waals surface area contributed by atoms with Gasteiger partial charge in [-0.25, -0.2) is 9.59 Å². The normalized spacial score (nSPS) is 34.3. The quantitative estimate of drug-likeness (QED) is 0.0424. The number of allylic oxidation sites excluding steroid dienone is 5. The molecule has 13 heteroatoms. The van der Waals surface area contributed by atoms with Crippen LogP contribution in [-0.4, -0.2) is 89.3 Å². The maximum atomic E-state index is 15.6. The second-order valence-corrected chi connectivity index (χ2v) is 29.2. The molecule has 0 aromatic heterocycles. The van der Waals surface area contributed by atoms with Gasteiger partial charge in [-0.2, -0.15) is 0 Å². The molecule has 14 bridgehead atoms. The van der Waals surface area contributed by atoms with Crippen LogP contribution < -0.4 is 21.3 Å². The highest BCUT2D eigenvalue weighted by molar-refractivity contribution is 6.07. The maximum absolute atomic E-state index is 15.6. The number of carbonyl (C=O) groups excluding carboxylic acids is 3. The number of aldehydes is 1. The van der Waals surface area contributed by atoms with Crippen LogP contribution in [0, 0.1) is 75.9 Å². The number of hydrogen-bond donors (Lipinski definition) is 8. The average Bonchev–Trinajstić information content (AvgIpc) is 1.58. The zero-order chi connectivity index (χ0) is 62.7. The standard InChI is InChI=1S/C78H92N4O9/c1-75(88)47-82-72-53-16-9-13-49(38-53)25-33-80-46-51-14-10-15-52(39-51)59-20-19-58(85)43-63(59)68-60-23-32-78(66(91-74(87)71(68)78)40-50(27-35-83)37-48-11-5-3-6-12-48)70-61(60)21-22-62-65(90-73(86)69(62)70)24-31-76(56-26-34-81-67(42-56)79-2)44-54(64(72)45-76)41-57(18-17-55(75)28-36-84)77(89)29-7-4-8-30-77/h3,5-6,9-16,19-20,24,36,38-40,43,50,54-57,60-61,64,67,70,72,79-83,85,88-89H,4,7-8,21-23,25-35,37,41-42,44-47H2,1-2H3. The number of phenols is 1. The first-order valence-electron chi connectivity index (χ1n) is 34.5. The summed E-state index contributed by atoms with van der Waals surface area (Å²) >= 11 is 0. The van der Waals surface area contributed by atoms with Crippen molar-refractivity contribution in [3.05, 3.63) is 165 Å². The van der Waals surface area contributed by atoms with Gasteiger partial charge in [-0.15, -0.1) is 0 Å². The molecule has 16 rings (SSSR count). The number of esters is 2. The molecule has 4 aromatic carbocycles. The molecule has 14 unspecified atom stereocenters. The first kappa shape index (κ1) is 62.0. The van der Waals surface area contributed by atoms with E-state index in [0.29, 0.717) is 80.6 Å². The minimum atomic E-state index is -1.37. The molecule has 14 atom stereocenters. The van der Waals surface area contributed by atoms with Gasteiger partial charge in [-0.1, -0.05) is 110 Å². The Labute approximate surface area is 537 Å². The number of nitrogens with one attached hydrogen (secondary N) is 4. The monoisotopic (exact) mass is 1230 g/mol. The summed E-state index contributed by atoms with van der Waals surface area (Å²) in [6.07, 6.45) is 19.2. The highest BCUT2D eigenvalue weighted by atomic mass is 16.6. The second-order valence-electron chi connectivity index (χ2n) is 29.2. The van der Waals surface area contributed by atoms with Gasteiger partial charge in [0.15, 0.2) is 0 Å². The molecule has 12 aliphatic rings. The van der Waals surface area contributed by atoms with Crippen LogP contribution >= 0.6 is 0 Å². The summed E-state index contributed by atoms with van der Waals surface area (Å²) in [6, 6.07) is 33.1. The number of aliphatic hydroxyl groups excluding tert-OH is 1. The van der Waals surface area contributed by atoms with Crippen LogP contribution in [-0.2, 0) is 43.2 Å². The molecular formula is C78H92N4O9. The molecule has 0 amide bonds. The van der Waals surface area contributed by atoms with Crippen molar-refractivity contribution in [2.24, 2.45) is 64.1 Å². The van der Waals surface area contributed by atoms with E-state index in [0.717, 1.165) is 128 Å². The number of β-amino-alcohol motifs (C(OH)–C–C–N with tert-alkyl or cyclic N) is 1. The molecule has 13 nitrogen and oxygen atoms in total. The number of carbonyl (C=O) groups is 3. The third kappa shape index (κ3) is 11.5. The Kier molecular flexibility index (Phi) is 17.3. The van der Waals surface area contributed by atoms with Gasteiger partial charge in [-0.05, 0) is 239 Å². The van der Waals surface area contributed by atoms with Crippen LogP contribution in [0.25, 0.3) is 16.7 Å². The van der Waals surface area contributed by atoms with Crippen molar-refractivity contribution in [3.8, 4) is 28.7 Å². The topological polar surface area (TPSA) is 199 Å². The fourth-order valence-electron chi connectivity index (χ4n) is 19.7. The van der Waals surface area contributed by atoms with Gasteiger partial charge >= 0.3 is 11.9 Å². The number of aliphatic hydroxyl groups is 3. The molecule has 478 valence electrons. The van der Waals surface area contributed by atoms with Crippen LogP contribution in [0.5, 0.6) is 5.75 Å². The van der Waals surface area contributed by atoms with Gasteiger partial charge in [0.25, 0.3) is 0 Å². The summed E-state index contributed by atoms with van der Waals surface area (Å²) in [5.41, 5.74) is 6.61. The summed E-state index contributed by atoms with van der Waals surface area (Å²) in [5.74, 6) is 6.26. The Morgan fingerprint density at radius 3 is 2.46 bits per heavy atom. The molecule has 8 N–H and O–H groups in total. The highest BCUT2D eigenvalue weighted by Gasteiger charge is 2.69. The summed E-state index contributed by atoms with van der Waals surface area (Å²) in [4.78, 5) is 43.5. The Hall–Kier alpha value is -6.47. The summed E-state index contributed by atoms with van der Waals surface area (Å²) < 4.78 is 13.6. The molecule has 6 aliphatic carbocycles. The van der Waals surface area contributed by atoms with Gasteiger partial charge in [0, 0.05) is 55.1 Å². The third-order valence-electron chi connectivity index (χ3n) is 24.1. The Morgan fingerprint density at radius 1 is 0.802 bits per heavy atom. The molecule has 91 heavy (non-hydrogen) atoms. The predicted octanol–water partition coefficient (Wildman–Crippen LogP) is 11.3. The molecule has 3 saturated carbocycles. The van der Waals surface area contributed by atoms with E-state index in [1.54, 1.807) is 6.07 Å². The van der Waals surface area contributed by atoms with Crippen molar-refractivity contribution in [1.29, 1.82) is 0 Å². The van der Waals surface area contributed by atoms with Crippen LogP contribution in [0.4, 0.5) is 0 Å². The van der Waals surface area contributed by atoms with E-state index in [2.05, 4.69) is 106 Å². The van der Waals surface area contributed by atoms with Gasteiger partial charge < -0.3 is 56.0 Å². The summed E-state index contributed by atoms with van der Waals surface area (Å²) in [6.45, 7) is 4.15. The predicted molar refractivity (Wildman–Crippen MR) is 351 cm³/mol. The van der Waals surface area contributed by atoms with Crippen molar-refractivity contribution in [1.82, 2.24) is 21.3 Å². The van der Waals surface area contributed by atoms with E-state index in [1.807, 2.05) is 44.3 Å². The smallest absolute Gasteiger partial charge is 0.340 e. The van der Waals surface area contributed by atoms with Crippen LogP contribution in [0.15, 0.2) is 137 Å². The number of phenolic OH excluding ortho intramolecular Hbond substituents is 1. The fourth-order valence-corrected chi connectivity index (χ4v) is 19.7. The van der Waals surface area contributed by atoms with Gasteiger partial charge in [-0.3, -0.25) is 0 Å². The van der Waals surface area contributed by atoms with Crippen molar-refractivity contribution >= 4 is 23.8 Å². The maximum Gasteiger partial charge on any atom is 0.340 e. The molecular weight excluding hydrogens is 1140 g/mol. The highest BCUT2D eigenvalue weighted by Crippen LogP contribution is 2.72. The first-order valence-corrected chi connectivity index (χ1v) is 34.5. The summed E-state index contributed by atoms with van der Waals surface area (Å²) in [7, 11) is 2.03. The minimum absolute atomic E-state index is 0.0479. The Morgan fingerprint density at radius 2 is 1.64 bits per heavy atom. The lowest BCUT2D eigenvalue weighted by molar-refractivity contribution is -0.135. The third-order valence-corrected chi connectivity index (χ3v) is 24.1. The van der Waals surface area contributed by atoms with Crippen molar-refractivity contribution in [2.45, 2.75) is 159 Å². The number of ether oxygens (including phenoxy) is 2. The lowest BCUT2D eigenvalue weighted by Gasteiger charge is -2.56. The Bertz CT molecular complexity index is 3640. The van der Waals surface area contributed by atoms with E-state index >= 15 is 9.59 Å². The lowest BCUT2D eigenvalue weighted by atomic mass is 9.44. The van der Waals surface area contributed by atoms with Crippen molar-refractivity contribution in [2.75, 3.05) is 33.3 Å². The van der Waals surface area contributed by atoms with Crippen LogP contribution in [0.3, 0.4) is 0 Å². The molecule has 1 spiro atoms. The second kappa shape index (κ2) is 25.4. The van der Waals surface area contributed by atoms with E-state index in [4.69, 9.17) is 9.47 Å². The molecule has 4 aromatic rings. The lowest BCUT2D eigenvalue weighted by Crippen LogP contribution is -2.52. The number of benzene rings is 4. The van der Waals surface area contributed by atoms with Crippen LogP contribution in [0.2, 0.25) is 0 Å². The summed E-state index contributed by atoms with van der Waals surface area (Å²) in [5, 5.41) is 63.0. The van der Waals surface area contributed by atoms with Gasteiger partial charge in [0.05, 0.1) is 34.3 Å².